The van der Waals surface area contributed by atoms with Gasteiger partial charge in [-0.2, -0.15) is 0 Å². The molecule has 1 heterocycles. The van der Waals surface area contributed by atoms with Crippen LogP contribution in [0.25, 0.3) is 0 Å². The van der Waals surface area contributed by atoms with Crippen molar-refractivity contribution in [3.05, 3.63) is 35.4 Å². The molecule has 1 aromatic rings. The molecule has 0 bridgehead atoms. The van der Waals surface area contributed by atoms with Gasteiger partial charge in [0.1, 0.15) is 0 Å². The molecule has 28 heavy (non-hydrogen) atoms. The van der Waals surface area contributed by atoms with Crippen LogP contribution in [0.1, 0.15) is 65.0 Å². The van der Waals surface area contributed by atoms with Gasteiger partial charge in [0.25, 0.3) is 0 Å². The Labute approximate surface area is 170 Å². The second-order valence-corrected chi connectivity index (χ2v) is 12.0. The summed E-state index contributed by atoms with van der Waals surface area (Å²) in [5.41, 5.74) is 1.72. The summed E-state index contributed by atoms with van der Waals surface area (Å²) < 4.78 is 27.0. The van der Waals surface area contributed by atoms with Crippen LogP contribution in [0, 0.1) is 18.3 Å². The number of amides is 1. The highest BCUT2D eigenvalue weighted by Gasteiger charge is 2.34. The maximum Gasteiger partial charge on any atom is 0.223 e. The van der Waals surface area contributed by atoms with Crippen molar-refractivity contribution in [2.75, 3.05) is 13.1 Å². The Hall–Kier alpha value is -1.40. The predicted molar refractivity (Wildman–Crippen MR) is 114 cm³/mol. The highest BCUT2D eigenvalue weighted by atomic mass is 32.2. The van der Waals surface area contributed by atoms with Gasteiger partial charge >= 0.3 is 0 Å². The van der Waals surface area contributed by atoms with Gasteiger partial charge in [-0.1, -0.05) is 50.6 Å². The number of nitrogens with one attached hydrogen (secondary N) is 1. The standard InChI is InChI=1S/C22H36N2O3S/c1-17-8-7-9-18(14-17)15-28(26,27)24-12-10-19(11-13-24)20(25)23-22(5,6)16-21(2,3)4/h7-9,14,19H,10-13,15-16H2,1-6H3,(H,23,25). The largest absolute Gasteiger partial charge is 0.351 e. The van der Waals surface area contributed by atoms with Crippen LogP contribution in [0.2, 0.25) is 0 Å². The molecule has 6 heteroatoms. The first-order chi connectivity index (χ1) is 12.8. The van der Waals surface area contributed by atoms with Crippen LogP contribution >= 0.6 is 0 Å². The molecule has 1 aliphatic rings. The highest BCUT2D eigenvalue weighted by Crippen LogP contribution is 2.28. The van der Waals surface area contributed by atoms with Gasteiger partial charge < -0.3 is 5.32 Å². The zero-order chi connectivity index (χ0) is 21.2. The fourth-order valence-electron chi connectivity index (χ4n) is 4.31. The first-order valence-corrected chi connectivity index (χ1v) is 11.7. The quantitative estimate of drug-likeness (QED) is 0.777. The smallest absolute Gasteiger partial charge is 0.223 e. The second-order valence-electron chi connectivity index (χ2n) is 10.0. The lowest BCUT2D eigenvalue weighted by atomic mass is 9.81. The van der Waals surface area contributed by atoms with Gasteiger partial charge in [0, 0.05) is 24.5 Å². The molecule has 0 saturated carbocycles. The SMILES string of the molecule is Cc1cccc(CS(=O)(=O)N2CCC(C(=O)NC(C)(C)CC(C)(C)C)CC2)c1. The summed E-state index contributed by atoms with van der Waals surface area (Å²) in [5.74, 6) is -0.0564. The minimum atomic E-state index is -3.36. The molecule has 0 spiro atoms. The third-order valence-electron chi connectivity index (χ3n) is 5.08. The summed E-state index contributed by atoms with van der Waals surface area (Å²) in [6, 6.07) is 7.61. The first-order valence-electron chi connectivity index (χ1n) is 10.1. The van der Waals surface area contributed by atoms with Gasteiger partial charge in [-0.25, -0.2) is 12.7 Å². The van der Waals surface area contributed by atoms with E-state index >= 15 is 0 Å². The van der Waals surface area contributed by atoms with E-state index in [0.717, 1.165) is 17.5 Å². The van der Waals surface area contributed by atoms with E-state index in [0.29, 0.717) is 25.9 Å². The number of sulfonamides is 1. The molecular formula is C22H36N2O3S. The third kappa shape index (κ3) is 6.89. The maximum atomic E-state index is 12.8. The molecule has 5 nitrogen and oxygen atoms in total. The van der Waals surface area contributed by atoms with Crippen molar-refractivity contribution in [1.82, 2.24) is 9.62 Å². The molecule has 1 N–H and O–H groups in total. The Morgan fingerprint density at radius 3 is 2.29 bits per heavy atom. The van der Waals surface area contributed by atoms with Crippen molar-refractivity contribution in [3.63, 3.8) is 0 Å². The van der Waals surface area contributed by atoms with Gasteiger partial charge in [0.05, 0.1) is 5.75 Å². The monoisotopic (exact) mass is 408 g/mol. The van der Waals surface area contributed by atoms with E-state index in [2.05, 4.69) is 39.9 Å². The average Bonchev–Trinajstić information content (AvgIpc) is 2.51. The minimum Gasteiger partial charge on any atom is -0.351 e. The van der Waals surface area contributed by atoms with Crippen LogP contribution in [-0.2, 0) is 20.6 Å². The van der Waals surface area contributed by atoms with E-state index in [-0.39, 0.29) is 28.5 Å². The van der Waals surface area contributed by atoms with E-state index in [1.807, 2.05) is 31.2 Å². The zero-order valence-electron chi connectivity index (χ0n) is 18.2. The molecular weight excluding hydrogens is 372 g/mol. The fraction of sp³-hybridized carbons (Fsp3) is 0.682. The predicted octanol–water partition coefficient (Wildman–Crippen LogP) is 3.87. The zero-order valence-corrected chi connectivity index (χ0v) is 19.0. The Balaban J connectivity index is 1.92. The van der Waals surface area contributed by atoms with Crippen LogP contribution in [0.4, 0.5) is 0 Å². The Kier molecular flexibility index (Phi) is 6.98. The Morgan fingerprint density at radius 1 is 1.14 bits per heavy atom. The van der Waals surface area contributed by atoms with Crippen molar-refractivity contribution in [1.29, 1.82) is 0 Å². The number of carbonyl (C=O) groups excluding carboxylic acids is 1. The highest BCUT2D eigenvalue weighted by molar-refractivity contribution is 7.88. The summed E-state index contributed by atoms with van der Waals surface area (Å²) in [7, 11) is -3.36. The van der Waals surface area contributed by atoms with Gasteiger partial charge in [-0.05, 0) is 51.0 Å². The molecule has 158 valence electrons. The van der Waals surface area contributed by atoms with Crippen LogP contribution in [0.5, 0.6) is 0 Å². The van der Waals surface area contributed by atoms with Crippen molar-refractivity contribution in [2.24, 2.45) is 11.3 Å². The van der Waals surface area contributed by atoms with Crippen LogP contribution in [-0.4, -0.2) is 37.3 Å². The van der Waals surface area contributed by atoms with E-state index in [4.69, 9.17) is 0 Å². The van der Waals surface area contributed by atoms with E-state index in [9.17, 15) is 13.2 Å². The number of nitrogens with zero attached hydrogens (tertiary/aromatic N) is 1. The van der Waals surface area contributed by atoms with Crippen molar-refractivity contribution in [3.8, 4) is 0 Å². The number of benzene rings is 1. The lowest BCUT2D eigenvalue weighted by Crippen LogP contribution is -2.50. The van der Waals surface area contributed by atoms with Gasteiger partial charge in [0.15, 0.2) is 0 Å². The number of hydrogen-bond acceptors (Lipinski definition) is 3. The molecule has 0 radical (unpaired) electrons. The van der Waals surface area contributed by atoms with E-state index in [1.54, 1.807) is 4.31 Å². The summed E-state index contributed by atoms with van der Waals surface area (Å²) >= 11 is 0. The Morgan fingerprint density at radius 2 is 1.75 bits per heavy atom. The van der Waals surface area contributed by atoms with E-state index < -0.39 is 10.0 Å². The molecule has 0 atom stereocenters. The molecule has 1 fully saturated rings. The lowest BCUT2D eigenvalue weighted by Gasteiger charge is -2.36. The molecule has 1 amide bonds. The van der Waals surface area contributed by atoms with E-state index in [1.165, 1.54) is 0 Å². The van der Waals surface area contributed by atoms with Crippen molar-refractivity contribution < 1.29 is 13.2 Å². The molecule has 0 aromatic heterocycles. The molecule has 1 aromatic carbocycles. The van der Waals surface area contributed by atoms with Crippen LogP contribution in [0.3, 0.4) is 0 Å². The molecule has 0 aliphatic carbocycles. The average molecular weight is 409 g/mol. The fourth-order valence-corrected chi connectivity index (χ4v) is 5.86. The lowest BCUT2D eigenvalue weighted by molar-refractivity contribution is -0.128. The normalized spacial score (nSPS) is 17.5. The summed E-state index contributed by atoms with van der Waals surface area (Å²) in [4.78, 5) is 12.7. The third-order valence-corrected chi connectivity index (χ3v) is 6.93. The minimum absolute atomic E-state index is 0.0180. The number of aryl methyl sites for hydroxylation is 1. The van der Waals surface area contributed by atoms with Gasteiger partial charge in [-0.15, -0.1) is 0 Å². The van der Waals surface area contributed by atoms with Crippen molar-refractivity contribution in [2.45, 2.75) is 72.1 Å². The van der Waals surface area contributed by atoms with Crippen LogP contribution in [0.15, 0.2) is 24.3 Å². The number of hydrogen-bond donors (Lipinski definition) is 1. The number of piperidine rings is 1. The first kappa shape index (κ1) is 22.9. The summed E-state index contributed by atoms with van der Waals surface area (Å²) in [5, 5.41) is 3.18. The van der Waals surface area contributed by atoms with Crippen molar-refractivity contribution >= 4 is 15.9 Å². The van der Waals surface area contributed by atoms with Gasteiger partial charge in [0.2, 0.25) is 15.9 Å². The summed E-state index contributed by atoms with van der Waals surface area (Å²) in [6.07, 6.45) is 2.03. The molecule has 2 rings (SSSR count). The Bertz CT molecular complexity index is 786. The maximum absolute atomic E-state index is 12.8. The molecule has 0 unspecified atom stereocenters. The number of carbonyl (C=O) groups is 1. The molecule has 1 aliphatic heterocycles. The van der Waals surface area contributed by atoms with Crippen LogP contribution < -0.4 is 5.32 Å². The van der Waals surface area contributed by atoms with Gasteiger partial charge in [-0.3, -0.25) is 4.79 Å². The summed E-state index contributed by atoms with van der Waals surface area (Å²) in [6.45, 7) is 13.4. The molecule has 1 saturated heterocycles. The topological polar surface area (TPSA) is 66.5 Å². The second kappa shape index (κ2) is 8.54. The number of rotatable bonds is 6.